The minimum Gasteiger partial charge on any atom is -0.481 e. The molecule has 0 aliphatic carbocycles. The van der Waals surface area contributed by atoms with Gasteiger partial charge in [0.05, 0.1) is 6.10 Å². The highest BCUT2D eigenvalue weighted by Crippen LogP contribution is 2.10. The summed E-state index contributed by atoms with van der Waals surface area (Å²) >= 11 is 0. The molecule has 0 aromatic carbocycles. The Morgan fingerprint density at radius 1 is 0.957 bits per heavy atom. The Kier molecular flexibility index (Phi) is 13.8. The van der Waals surface area contributed by atoms with Gasteiger partial charge >= 0.3 is 5.97 Å². The van der Waals surface area contributed by atoms with E-state index in [1.807, 2.05) is 0 Å². The number of carboxylic acid groups (broad SMARTS) is 1. The first-order valence-electron chi connectivity index (χ1n) is 8.73. The van der Waals surface area contributed by atoms with Crippen LogP contribution < -0.4 is 0 Å². The number of carbonyl (C=O) groups is 1. The Labute approximate surface area is 139 Å². The molecule has 0 rings (SSSR count). The molecule has 4 N–H and O–H groups in total. The second kappa shape index (κ2) is 14.5. The van der Waals surface area contributed by atoms with Crippen LogP contribution in [0.15, 0.2) is 0 Å². The Balaban J connectivity index is 3.72. The topological polar surface area (TPSA) is 98.0 Å². The molecule has 0 saturated heterocycles. The SMILES string of the molecule is CCCCCC(O)C(O)C(O)C#CCCCCCCCC(=O)O. The van der Waals surface area contributed by atoms with Gasteiger partial charge in [-0.25, -0.2) is 0 Å². The lowest BCUT2D eigenvalue weighted by molar-refractivity contribution is -0.137. The van der Waals surface area contributed by atoms with Crippen molar-refractivity contribution in [2.24, 2.45) is 0 Å². The maximum Gasteiger partial charge on any atom is 0.303 e. The zero-order valence-corrected chi connectivity index (χ0v) is 14.2. The number of carboxylic acids is 1. The molecule has 0 spiro atoms. The molecule has 0 fully saturated rings. The number of unbranched alkanes of at least 4 members (excludes halogenated alkanes) is 7. The van der Waals surface area contributed by atoms with Crippen molar-refractivity contribution in [3.63, 3.8) is 0 Å². The van der Waals surface area contributed by atoms with E-state index in [9.17, 15) is 20.1 Å². The molecule has 0 aromatic rings. The Hall–Kier alpha value is -1.09. The summed E-state index contributed by atoms with van der Waals surface area (Å²) in [5.74, 6) is 4.67. The van der Waals surface area contributed by atoms with Crippen LogP contribution in [0, 0.1) is 11.8 Å². The van der Waals surface area contributed by atoms with Gasteiger partial charge in [-0.05, 0) is 19.3 Å². The molecule has 0 amide bonds. The van der Waals surface area contributed by atoms with Crippen LogP contribution in [-0.4, -0.2) is 44.7 Å². The van der Waals surface area contributed by atoms with E-state index in [1.54, 1.807) is 0 Å². The van der Waals surface area contributed by atoms with Gasteiger partial charge in [0, 0.05) is 12.8 Å². The van der Waals surface area contributed by atoms with Gasteiger partial charge in [0.2, 0.25) is 0 Å². The first-order chi connectivity index (χ1) is 11.0. The standard InChI is InChI=1S/C18H32O5/c1-2-3-9-12-15(19)18(23)16(20)13-10-7-5-4-6-8-11-14-17(21)22/h15-16,18-20,23H,2-9,11-12,14H2,1H3,(H,21,22). The first-order valence-corrected chi connectivity index (χ1v) is 8.73. The highest BCUT2D eigenvalue weighted by molar-refractivity contribution is 5.66. The van der Waals surface area contributed by atoms with Crippen molar-refractivity contribution in [2.75, 3.05) is 0 Å². The van der Waals surface area contributed by atoms with Crippen molar-refractivity contribution in [3.8, 4) is 11.8 Å². The molecule has 134 valence electrons. The van der Waals surface area contributed by atoms with Crippen LogP contribution in [0.4, 0.5) is 0 Å². The van der Waals surface area contributed by atoms with Gasteiger partial charge in [-0.3, -0.25) is 4.79 Å². The van der Waals surface area contributed by atoms with Crippen molar-refractivity contribution >= 4 is 5.97 Å². The minimum atomic E-state index is -1.21. The molecule has 0 bridgehead atoms. The van der Waals surface area contributed by atoms with E-state index < -0.39 is 24.3 Å². The van der Waals surface area contributed by atoms with Gasteiger partial charge in [0.25, 0.3) is 0 Å². The van der Waals surface area contributed by atoms with Crippen LogP contribution in [0.25, 0.3) is 0 Å². The van der Waals surface area contributed by atoms with Gasteiger partial charge < -0.3 is 20.4 Å². The fourth-order valence-electron chi connectivity index (χ4n) is 2.27. The smallest absolute Gasteiger partial charge is 0.303 e. The van der Waals surface area contributed by atoms with E-state index in [2.05, 4.69) is 18.8 Å². The van der Waals surface area contributed by atoms with E-state index in [-0.39, 0.29) is 6.42 Å². The molecule has 0 aromatic heterocycles. The predicted octanol–water partition coefficient (Wildman–Crippen LogP) is 2.47. The van der Waals surface area contributed by atoms with Gasteiger partial charge in [-0.1, -0.05) is 51.4 Å². The third-order valence-corrected chi connectivity index (χ3v) is 3.76. The average Bonchev–Trinajstić information content (AvgIpc) is 2.52. The van der Waals surface area contributed by atoms with Crippen LogP contribution in [0.5, 0.6) is 0 Å². The van der Waals surface area contributed by atoms with Gasteiger partial charge in [-0.2, -0.15) is 0 Å². The fraction of sp³-hybridized carbons (Fsp3) is 0.833. The Morgan fingerprint density at radius 2 is 1.61 bits per heavy atom. The number of aliphatic hydroxyl groups excluding tert-OH is 3. The molecule has 23 heavy (non-hydrogen) atoms. The summed E-state index contributed by atoms with van der Waals surface area (Å²) in [5.41, 5.74) is 0. The summed E-state index contributed by atoms with van der Waals surface area (Å²) in [6.07, 6.45) is 5.33. The number of aliphatic carboxylic acids is 1. The second-order valence-corrected chi connectivity index (χ2v) is 5.98. The quantitative estimate of drug-likeness (QED) is 0.307. The summed E-state index contributed by atoms with van der Waals surface area (Å²) in [7, 11) is 0. The third-order valence-electron chi connectivity index (χ3n) is 3.76. The third kappa shape index (κ3) is 13.1. The Bertz CT molecular complexity index is 358. The molecular weight excluding hydrogens is 296 g/mol. The largest absolute Gasteiger partial charge is 0.481 e. The normalized spacial score (nSPS) is 14.6. The van der Waals surface area contributed by atoms with E-state index in [1.165, 1.54) is 0 Å². The molecule has 5 heteroatoms. The molecule has 3 atom stereocenters. The van der Waals surface area contributed by atoms with E-state index in [0.29, 0.717) is 19.3 Å². The molecule has 0 radical (unpaired) electrons. The summed E-state index contributed by atoms with van der Waals surface area (Å²) in [5, 5.41) is 37.8. The zero-order valence-electron chi connectivity index (χ0n) is 14.2. The van der Waals surface area contributed by atoms with Crippen molar-refractivity contribution in [1.29, 1.82) is 0 Å². The summed E-state index contributed by atoms with van der Waals surface area (Å²) in [6.45, 7) is 2.06. The summed E-state index contributed by atoms with van der Waals surface area (Å²) < 4.78 is 0. The molecule has 0 saturated carbocycles. The van der Waals surface area contributed by atoms with E-state index in [4.69, 9.17) is 5.11 Å². The van der Waals surface area contributed by atoms with Crippen molar-refractivity contribution in [2.45, 2.75) is 95.9 Å². The molecule has 0 aliphatic rings. The fourth-order valence-corrected chi connectivity index (χ4v) is 2.27. The maximum absolute atomic E-state index is 10.3. The first kappa shape index (κ1) is 21.9. The molecule has 3 unspecified atom stereocenters. The lowest BCUT2D eigenvalue weighted by atomic mass is 10.0. The molecular formula is C18H32O5. The van der Waals surface area contributed by atoms with Crippen molar-refractivity contribution in [1.82, 2.24) is 0 Å². The lowest BCUT2D eigenvalue weighted by Crippen LogP contribution is -2.36. The summed E-state index contributed by atoms with van der Waals surface area (Å²) in [6, 6.07) is 0. The van der Waals surface area contributed by atoms with E-state index >= 15 is 0 Å². The predicted molar refractivity (Wildman–Crippen MR) is 89.9 cm³/mol. The maximum atomic E-state index is 10.3. The minimum absolute atomic E-state index is 0.227. The van der Waals surface area contributed by atoms with Crippen LogP contribution in [-0.2, 0) is 4.79 Å². The van der Waals surface area contributed by atoms with Crippen molar-refractivity contribution in [3.05, 3.63) is 0 Å². The molecule has 5 nitrogen and oxygen atoms in total. The van der Waals surface area contributed by atoms with Gasteiger partial charge in [0.1, 0.15) is 12.2 Å². The lowest BCUT2D eigenvalue weighted by Gasteiger charge is -2.19. The summed E-state index contributed by atoms with van der Waals surface area (Å²) in [4.78, 5) is 10.3. The highest BCUT2D eigenvalue weighted by atomic mass is 16.4. The number of hydrogen-bond donors (Lipinski definition) is 4. The van der Waals surface area contributed by atoms with Crippen LogP contribution in [0.1, 0.15) is 77.6 Å². The second-order valence-electron chi connectivity index (χ2n) is 5.98. The van der Waals surface area contributed by atoms with Crippen LogP contribution >= 0.6 is 0 Å². The number of aliphatic hydroxyl groups is 3. The highest BCUT2D eigenvalue weighted by Gasteiger charge is 2.22. The van der Waals surface area contributed by atoms with Crippen molar-refractivity contribution < 1.29 is 25.2 Å². The molecule has 0 aliphatic heterocycles. The van der Waals surface area contributed by atoms with Gasteiger partial charge in [-0.15, -0.1) is 5.92 Å². The van der Waals surface area contributed by atoms with Crippen LogP contribution in [0.3, 0.4) is 0 Å². The number of rotatable bonds is 13. The van der Waals surface area contributed by atoms with Crippen LogP contribution in [0.2, 0.25) is 0 Å². The average molecular weight is 328 g/mol. The van der Waals surface area contributed by atoms with Gasteiger partial charge in [0.15, 0.2) is 0 Å². The molecule has 0 heterocycles. The Morgan fingerprint density at radius 3 is 2.26 bits per heavy atom. The monoisotopic (exact) mass is 328 g/mol. The zero-order chi connectivity index (χ0) is 17.5. The van der Waals surface area contributed by atoms with E-state index in [0.717, 1.165) is 44.9 Å². The number of hydrogen-bond acceptors (Lipinski definition) is 4.